The molecule has 0 amide bonds. The van der Waals surface area contributed by atoms with Gasteiger partial charge in [-0.1, -0.05) is 18.2 Å². The molecule has 17 heavy (non-hydrogen) atoms. The molecule has 1 atom stereocenters. The fourth-order valence-corrected chi connectivity index (χ4v) is 3.01. The molecule has 1 aromatic carbocycles. The number of benzene rings is 1. The SMILES string of the molecule is CCn1ncc(Br)c1C1Cc2ccccc2N1. The summed E-state index contributed by atoms with van der Waals surface area (Å²) in [6.07, 6.45) is 2.91. The standard InChI is InChI=1S/C13H14BrN3/c1-2-17-13(10(14)8-15-17)12-7-9-5-3-4-6-11(9)16-12/h3-6,8,12,16H,2,7H2,1H3. The number of nitrogens with zero attached hydrogens (tertiary/aromatic N) is 2. The molecule has 1 aromatic heterocycles. The lowest BCUT2D eigenvalue weighted by molar-refractivity contribution is 0.592. The largest absolute Gasteiger partial charge is 0.376 e. The van der Waals surface area contributed by atoms with Crippen molar-refractivity contribution in [2.75, 3.05) is 5.32 Å². The van der Waals surface area contributed by atoms with Gasteiger partial charge in [-0.2, -0.15) is 5.10 Å². The van der Waals surface area contributed by atoms with E-state index < -0.39 is 0 Å². The number of hydrogen-bond donors (Lipinski definition) is 1. The summed E-state index contributed by atoms with van der Waals surface area (Å²) in [6, 6.07) is 8.80. The highest BCUT2D eigenvalue weighted by atomic mass is 79.9. The van der Waals surface area contributed by atoms with Crippen molar-refractivity contribution in [3.05, 3.63) is 46.2 Å². The Kier molecular flexibility index (Phi) is 2.67. The van der Waals surface area contributed by atoms with Crippen molar-refractivity contribution in [3.63, 3.8) is 0 Å². The molecular weight excluding hydrogens is 278 g/mol. The summed E-state index contributed by atoms with van der Waals surface area (Å²) in [5.41, 5.74) is 3.87. The van der Waals surface area contributed by atoms with Crippen molar-refractivity contribution < 1.29 is 0 Å². The average molecular weight is 292 g/mol. The third-order valence-corrected chi connectivity index (χ3v) is 3.84. The highest BCUT2D eigenvalue weighted by molar-refractivity contribution is 9.10. The molecular formula is C13H14BrN3. The van der Waals surface area contributed by atoms with Crippen LogP contribution in [-0.4, -0.2) is 9.78 Å². The zero-order valence-corrected chi connectivity index (χ0v) is 11.2. The second kappa shape index (κ2) is 4.18. The van der Waals surface area contributed by atoms with Crippen LogP contribution in [0, 0.1) is 0 Å². The second-order valence-electron chi connectivity index (χ2n) is 4.25. The van der Waals surface area contributed by atoms with Gasteiger partial charge in [-0.25, -0.2) is 0 Å². The van der Waals surface area contributed by atoms with Gasteiger partial charge in [0.15, 0.2) is 0 Å². The number of aromatic nitrogens is 2. The van der Waals surface area contributed by atoms with Crippen LogP contribution in [0.25, 0.3) is 0 Å². The van der Waals surface area contributed by atoms with Gasteiger partial charge in [0.2, 0.25) is 0 Å². The number of halogens is 1. The van der Waals surface area contributed by atoms with Crippen LogP contribution in [-0.2, 0) is 13.0 Å². The second-order valence-corrected chi connectivity index (χ2v) is 5.11. The first-order chi connectivity index (χ1) is 8.29. The van der Waals surface area contributed by atoms with E-state index in [1.54, 1.807) is 0 Å². The van der Waals surface area contributed by atoms with E-state index in [0.29, 0.717) is 6.04 Å². The van der Waals surface area contributed by atoms with E-state index in [9.17, 15) is 0 Å². The van der Waals surface area contributed by atoms with Gasteiger partial charge in [-0.15, -0.1) is 0 Å². The highest BCUT2D eigenvalue weighted by Gasteiger charge is 2.26. The van der Waals surface area contributed by atoms with E-state index in [4.69, 9.17) is 0 Å². The third-order valence-electron chi connectivity index (χ3n) is 3.23. The molecule has 0 saturated heterocycles. The first-order valence-electron chi connectivity index (χ1n) is 5.85. The Balaban J connectivity index is 1.96. The van der Waals surface area contributed by atoms with Gasteiger partial charge in [0.25, 0.3) is 0 Å². The number of para-hydroxylation sites is 1. The fraction of sp³-hybridized carbons (Fsp3) is 0.308. The molecule has 0 bridgehead atoms. The van der Waals surface area contributed by atoms with Gasteiger partial charge in [-0.3, -0.25) is 4.68 Å². The highest BCUT2D eigenvalue weighted by Crippen LogP contribution is 2.36. The van der Waals surface area contributed by atoms with E-state index in [2.05, 4.69) is 57.5 Å². The fourth-order valence-electron chi connectivity index (χ4n) is 2.43. The normalized spacial score (nSPS) is 17.9. The van der Waals surface area contributed by atoms with Gasteiger partial charge in [0.05, 0.1) is 22.4 Å². The molecule has 0 saturated carbocycles. The van der Waals surface area contributed by atoms with Crippen molar-refractivity contribution in [1.29, 1.82) is 0 Å². The molecule has 1 aliphatic rings. The van der Waals surface area contributed by atoms with Crippen LogP contribution in [0.1, 0.15) is 24.2 Å². The molecule has 0 spiro atoms. The van der Waals surface area contributed by atoms with Crippen molar-refractivity contribution in [2.24, 2.45) is 0 Å². The molecule has 0 fully saturated rings. The monoisotopic (exact) mass is 291 g/mol. The van der Waals surface area contributed by atoms with Gasteiger partial charge < -0.3 is 5.32 Å². The maximum absolute atomic E-state index is 4.37. The predicted molar refractivity (Wildman–Crippen MR) is 72.1 cm³/mol. The molecule has 0 radical (unpaired) electrons. The Hall–Kier alpha value is -1.29. The van der Waals surface area contributed by atoms with E-state index in [1.165, 1.54) is 16.9 Å². The smallest absolute Gasteiger partial charge is 0.0752 e. The lowest BCUT2D eigenvalue weighted by atomic mass is 10.1. The molecule has 2 aromatic rings. The number of aryl methyl sites for hydroxylation is 1. The lowest BCUT2D eigenvalue weighted by Crippen LogP contribution is -2.13. The molecule has 1 aliphatic heterocycles. The number of nitrogens with one attached hydrogen (secondary N) is 1. The topological polar surface area (TPSA) is 29.9 Å². The van der Waals surface area contributed by atoms with Gasteiger partial charge in [0, 0.05) is 18.7 Å². The zero-order valence-electron chi connectivity index (χ0n) is 9.65. The summed E-state index contributed by atoms with van der Waals surface area (Å²) in [6.45, 7) is 3.01. The van der Waals surface area contributed by atoms with Crippen LogP contribution in [0.4, 0.5) is 5.69 Å². The zero-order chi connectivity index (χ0) is 11.8. The Bertz CT molecular complexity index is 522. The van der Waals surface area contributed by atoms with Crippen LogP contribution in [0.3, 0.4) is 0 Å². The predicted octanol–water partition coefficient (Wildman–Crippen LogP) is 3.37. The molecule has 4 heteroatoms. The summed E-state index contributed by atoms with van der Waals surface area (Å²) in [5, 5.41) is 7.93. The van der Waals surface area contributed by atoms with Crippen LogP contribution in [0.5, 0.6) is 0 Å². The molecule has 1 unspecified atom stereocenters. The minimum atomic E-state index is 0.323. The minimum absolute atomic E-state index is 0.323. The number of anilines is 1. The first kappa shape index (κ1) is 10.8. The van der Waals surface area contributed by atoms with Gasteiger partial charge in [0.1, 0.15) is 0 Å². The molecule has 2 heterocycles. The summed E-state index contributed by atoms with van der Waals surface area (Å²) < 4.78 is 3.14. The quantitative estimate of drug-likeness (QED) is 0.919. The first-order valence-corrected chi connectivity index (χ1v) is 6.64. The maximum atomic E-state index is 4.37. The summed E-state index contributed by atoms with van der Waals surface area (Å²) in [5.74, 6) is 0. The lowest BCUT2D eigenvalue weighted by Gasteiger charge is -2.14. The summed E-state index contributed by atoms with van der Waals surface area (Å²) >= 11 is 3.59. The number of fused-ring (bicyclic) bond motifs is 1. The molecule has 1 N–H and O–H groups in total. The maximum Gasteiger partial charge on any atom is 0.0752 e. The Labute approximate surface area is 109 Å². The van der Waals surface area contributed by atoms with Crippen molar-refractivity contribution in [2.45, 2.75) is 25.9 Å². The molecule has 3 nitrogen and oxygen atoms in total. The average Bonchev–Trinajstić information content (AvgIpc) is 2.91. The van der Waals surface area contributed by atoms with E-state index in [-0.39, 0.29) is 0 Å². The van der Waals surface area contributed by atoms with Crippen molar-refractivity contribution >= 4 is 21.6 Å². The third kappa shape index (κ3) is 1.76. The number of hydrogen-bond acceptors (Lipinski definition) is 2. The Morgan fingerprint density at radius 2 is 2.29 bits per heavy atom. The van der Waals surface area contributed by atoms with Crippen LogP contribution in [0.2, 0.25) is 0 Å². The van der Waals surface area contributed by atoms with Crippen LogP contribution >= 0.6 is 15.9 Å². The van der Waals surface area contributed by atoms with Crippen molar-refractivity contribution in [3.8, 4) is 0 Å². The summed E-state index contributed by atoms with van der Waals surface area (Å²) in [7, 11) is 0. The Morgan fingerprint density at radius 3 is 3.06 bits per heavy atom. The molecule has 88 valence electrons. The van der Waals surface area contributed by atoms with E-state index >= 15 is 0 Å². The van der Waals surface area contributed by atoms with E-state index in [0.717, 1.165) is 17.4 Å². The number of rotatable bonds is 2. The summed E-state index contributed by atoms with van der Waals surface area (Å²) in [4.78, 5) is 0. The van der Waals surface area contributed by atoms with Gasteiger partial charge in [-0.05, 0) is 34.5 Å². The Morgan fingerprint density at radius 1 is 1.47 bits per heavy atom. The molecule has 3 rings (SSSR count). The molecule has 0 aliphatic carbocycles. The van der Waals surface area contributed by atoms with Gasteiger partial charge >= 0.3 is 0 Å². The van der Waals surface area contributed by atoms with Crippen LogP contribution < -0.4 is 5.32 Å². The van der Waals surface area contributed by atoms with Crippen LogP contribution in [0.15, 0.2) is 34.9 Å². The van der Waals surface area contributed by atoms with Crippen molar-refractivity contribution in [1.82, 2.24) is 9.78 Å². The van der Waals surface area contributed by atoms with E-state index in [1.807, 2.05) is 10.9 Å². The minimum Gasteiger partial charge on any atom is -0.376 e.